The number of hydrogen-bond acceptors (Lipinski definition) is 6. The molecule has 0 unspecified atom stereocenters. The van der Waals surface area contributed by atoms with Gasteiger partial charge in [0.2, 0.25) is 5.76 Å². The van der Waals surface area contributed by atoms with Crippen LogP contribution in [0.5, 0.6) is 0 Å². The lowest BCUT2D eigenvalue weighted by atomic mass is 10.1. The molecule has 0 bridgehead atoms. The molecule has 0 aliphatic rings. The summed E-state index contributed by atoms with van der Waals surface area (Å²) in [5.74, 6) is -2.90. The van der Waals surface area contributed by atoms with Crippen molar-refractivity contribution in [3.63, 3.8) is 0 Å². The van der Waals surface area contributed by atoms with Gasteiger partial charge in [0.1, 0.15) is 11.6 Å². The largest absolute Gasteiger partial charge is 0.480 e. The van der Waals surface area contributed by atoms with Crippen LogP contribution in [0.3, 0.4) is 0 Å². The number of carbonyl (C=O) groups excluding carboxylic acids is 2. The maximum absolute atomic E-state index is 11.8. The van der Waals surface area contributed by atoms with Gasteiger partial charge in [0.15, 0.2) is 6.39 Å². The normalized spacial score (nSPS) is 12.6. The third kappa shape index (κ3) is 5.25. The van der Waals surface area contributed by atoms with Gasteiger partial charge in [-0.2, -0.15) is 0 Å². The number of aryl methyl sites for hydroxylation is 1. The van der Waals surface area contributed by atoms with Crippen molar-refractivity contribution in [1.82, 2.24) is 10.3 Å². The van der Waals surface area contributed by atoms with E-state index in [0.29, 0.717) is 5.69 Å². The van der Waals surface area contributed by atoms with Crippen molar-refractivity contribution in [2.45, 2.75) is 45.8 Å². The Morgan fingerprint density at radius 1 is 1.43 bits per heavy atom. The number of nitrogens with one attached hydrogen (secondary N) is 1. The number of aromatic nitrogens is 1. The molecule has 8 nitrogen and oxygen atoms in total. The van der Waals surface area contributed by atoms with Crippen molar-refractivity contribution >= 4 is 17.8 Å². The van der Waals surface area contributed by atoms with Gasteiger partial charge in [-0.25, -0.2) is 9.78 Å². The van der Waals surface area contributed by atoms with Gasteiger partial charge < -0.3 is 19.6 Å². The average Bonchev–Trinajstić information content (AvgIpc) is 2.71. The number of carboxylic acids is 1. The highest BCUT2D eigenvalue weighted by molar-refractivity contribution is 5.96. The zero-order valence-electron chi connectivity index (χ0n) is 12.3. The van der Waals surface area contributed by atoms with Crippen LogP contribution in [0.15, 0.2) is 10.8 Å². The second-order valence-corrected chi connectivity index (χ2v) is 5.42. The highest BCUT2D eigenvalue weighted by Crippen LogP contribution is 2.10. The van der Waals surface area contributed by atoms with Crippen molar-refractivity contribution in [3.05, 3.63) is 17.8 Å². The molecule has 1 atom stereocenters. The predicted molar refractivity (Wildman–Crippen MR) is 70.6 cm³/mol. The summed E-state index contributed by atoms with van der Waals surface area (Å²) in [5.41, 5.74) is -0.403. The molecule has 0 aliphatic carbocycles. The lowest BCUT2D eigenvalue weighted by molar-refractivity contribution is -0.158. The Kier molecular flexibility index (Phi) is 5.07. The molecule has 1 aromatic heterocycles. The predicted octanol–water partition coefficient (Wildman–Crippen LogP) is 0.898. The maximum atomic E-state index is 11.8. The van der Waals surface area contributed by atoms with E-state index in [1.54, 1.807) is 27.7 Å². The topological polar surface area (TPSA) is 119 Å². The van der Waals surface area contributed by atoms with Gasteiger partial charge in [-0.3, -0.25) is 9.59 Å². The number of nitrogens with zero attached hydrogens (tertiary/aromatic N) is 1. The van der Waals surface area contributed by atoms with E-state index in [-0.39, 0.29) is 5.76 Å². The Morgan fingerprint density at radius 2 is 2.05 bits per heavy atom. The lowest BCUT2D eigenvalue weighted by Gasteiger charge is -2.21. The highest BCUT2D eigenvalue weighted by Gasteiger charge is 2.28. The monoisotopic (exact) mass is 298 g/mol. The third-order valence-electron chi connectivity index (χ3n) is 2.35. The maximum Gasteiger partial charge on any atom is 0.326 e. The molecule has 0 fully saturated rings. The molecule has 2 N–H and O–H groups in total. The Bertz CT molecular complexity index is 543. The van der Waals surface area contributed by atoms with E-state index in [4.69, 9.17) is 14.3 Å². The SMILES string of the molecule is Cc1ncoc1C(=O)N[C@@H](CC(=O)OC(C)(C)C)C(=O)O. The molecule has 0 aliphatic heterocycles. The Balaban J connectivity index is 2.71. The van der Waals surface area contributed by atoms with Crippen LogP contribution in [0, 0.1) is 6.92 Å². The first-order chi connectivity index (χ1) is 9.60. The number of esters is 1. The molecular formula is C13H18N2O6. The van der Waals surface area contributed by atoms with E-state index < -0.39 is 35.9 Å². The lowest BCUT2D eigenvalue weighted by Crippen LogP contribution is -2.43. The van der Waals surface area contributed by atoms with Gasteiger partial charge in [-0.1, -0.05) is 0 Å². The molecule has 1 amide bonds. The van der Waals surface area contributed by atoms with Gasteiger partial charge in [-0.05, 0) is 27.7 Å². The second kappa shape index (κ2) is 6.38. The Labute approximate surface area is 121 Å². The fourth-order valence-corrected chi connectivity index (χ4v) is 1.49. The van der Waals surface area contributed by atoms with Crippen LogP contribution in [0.2, 0.25) is 0 Å². The summed E-state index contributed by atoms with van der Waals surface area (Å²) in [6, 6.07) is -1.41. The van der Waals surface area contributed by atoms with Crippen molar-refractivity contribution in [1.29, 1.82) is 0 Å². The molecule has 1 heterocycles. The molecule has 0 spiro atoms. The van der Waals surface area contributed by atoms with Crippen LogP contribution < -0.4 is 5.32 Å². The summed E-state index contributed by atoms with van der Waals surface area (Å²) in [6.45, 7) is 6.54. The van der Waals surface area contributed by atoms with E-state index >= 15 is 0 Å². The second-order valence-electron chi connectivity index (χ2n) is 5.42. The smallest absolute Gasteiger partial charge is 0.326 e. The summed E-state index contributed by atoms with van der Waals surface area (Å²) in [7, 11) is 0. The molecule has 0 aromatic carbocycles. The highest BCUT2D eigenvalue weighted by atomic mass is 16.6. The van der Waals surface area contributed by atoms with E-state index in [2.05, 4.69) is 10.3 Å². The first-order valence-corrected chi connectivity index (χ1v) is 6.26. The summed E-state index contributed by atoms with van der Waals surface area (Å²) < 4.78 is 9.89. The summed E-state index contributed by atoms with van der Waals surface area (Å²) in [5, 5.41) is 11.3. The molecule has 8 heteroatoms. The molecule has 116 valence electrons. The molecule has 0 saturated heterocycles. The minimum Gasteiger partial charge on any atom is -0.480 e. The standard InChI is InChI=1S/C13H18N2O6/c1-7-10(20-6-14-7)11(17)15-8(12(18)19)5-9(16)21-13(2,3)4/h6,8H,5H2,1-4H3,(H,15,17)(H,18,19)/t8-/m0/s1. The van der Waals surface area contributed by atoms with E-state index in [1.165, 1.54) is 0 Å². The van der Waals surface area contributed by atoms with Crippen molar-refractivity contribution in [2.24, 2.45) is 0 Å². The van der Waals surface area contributed by atoms with Crippen molar-refractivity contribution in [2.75, 3.05) is 0 Å². The minimum absolute atomic E-state index is 0.0922. The number of ether oxygens (including phenoxy) is 1. The first-order valence-electron chi connectivity index (χ1n) is 6.26. The van der Waals surface area contributed by atoms with Gasteiger partial charge in [0, 0.05) is 0 Å². The minimum atomic E-state index is -1.41. The van der Waals surface area contributed by atoms with Crippen molar-refractivity contribution in [3.8, 4) is 0 Å². The molecule has 0 saturated carbocycles. The zero-order chi connectivity index (χ0) is 16.2. The van der Waals surface area contributed by atoms with Gasteiger partial charge in [0.05, 0.1) is 12.1 Å². The van der Waals surface area contributed by atoms with Crippen LogP contribution in [-0.4, -0.2) is 39.6 Å². The molecule has 1 aromatic rings. The summed E-state index contributed by atoms with van der Waals surface area (Å²) in [6.07, 6.45) is 0.597. The number of hydrogen-bond donors (Lipinski definition) is 2. The van der Waals surface area contributed by atoms with Gasteiger partial charge in [-0.15, -0.1) is 0 Å². The number of carboxylic acid groups (broad SMARTS) is 1. The number of carbonyl (C=O) groups is 3. The average molecular weight is 298 g/mol. The van der Waals surface area contributed by atoms with Crippen LogP contribution >= 0.6 is 0 Å². The van der Waals surface area contributed by atoms with Crippen LogP contribution in [0.4, 0.5) is 0 Å². The number of rotatable bonds is 5. The fraction of sp³-hybridized carbons (Fsp3) is 0.538. The molecular weight excluding hydrogens is 280 g/mol. The number of oxazole rings is 1. The van der Waals surface area contributed by atoms with Gasteiger partial charge >= 0.3 is 11.9 Å². The van der Waals surface area contributed by atoms with Gasteiger partial charge in [0.25, 0.3) is 5.91 Å². The van der Waals surface area contributed by atoms with E-state index in [1.807, 2.05) is 0 Å². The molecule has 21 heavy (non-hydrogen) atoms. The van der Waals surface area contributed by atoms with Crippen LogP contribution in [0.1, 0.15) is 43.4 Å². The first kappa shape index (κ1) is 16.7. The number of amides is 1. The zero-order valence-corrected chi connectivity index (χ0v) is 12.3. The quantitative estimate of drug-likeness (QED) is 0.775. The number of aliphatic carboxylic acids is 1. The summed E-state index contributed by atoms with van der Waals surface area (Å²) >= 11 is 0. The summed E-state index contributed by atoms with van der Waals surface area (Å²) in [4.78, 5) is 38.3. The van der Waals surface area contributed by atoms with Crippen molar-refractivity contribution < 1.29 is 28.6 Å². The van der Waals surface area contributed by atoms with E-state index in [9.17, 15) is 14.4 Å². The Morgan fingerprint density at radius 3 is 2.48 bits per heavy atom. The van der Waals surface area contributed by atoms with Crippen LogP contribution in [0.25, 0.3) is 0 Å². The van der Waals surface area contributed by atoms with Crippen LogP contribution in [-0.2, 0) is 14.3 Å². The third-order valence-corrected chi connectivity index (χ3v) is 2.35. The Hall–Kier alpha value is -2.38. The molecule has 0 radical (unpaired) electrons. The fourth-order valence-electron chi connectivity index (χ4n) is 1.49. The van der Waals surface area contributed by atoms with E-state index in [0.717, 1.165) is 6.39 Å². The molecule has 1 rings (SSSR count).